The Morgan fingerprint density at radius 1 is 0.973 bits per heavy atom. The molecule has 3 atom stereocenters. The molecule has 37 heavy (non-hydrogen) atoms. The first-order valence-electron chi connectivity index (χ1n) is 12.0. The van der Waals surface area contributed by atoms with Crippen LogP contribution in [-0.4, -0.2) is 24.7 Å². The summed E-state index contributed by atoms with van der Waals surface area (Å²) < 4.78 is 91.7. The number of benzene rings is 2. The van der Waals surface area contributed by atoms with Crippen molar-refractivity contribution < 1.29 is 40.6 Å². The van der Waals surface area contributed by atoms with Gasteiger partial charge in [-0.15, -0.1) is 0 Å². The molecule has 2 fully saturated rings. The lowest BCUT2D eigenvalue weighted by Gasteiger charge is -2.45. The van der Waals surface area contributed by atoms with Crippen LogP contribution in [0, 0.1) is 5.41 Å². The minimum atomic E-state index is -4.94. The van der Waals surface area contributed by atoms with E-state index in [9.17, 15) is 31.1 Å². The molecule has 0 saturated carbocycles. The zero-order chi connectivity index (χ0) is 27.3. The van der Waals surface area contributed by atoms with Gasteiger partial charge in [-0.1, -0.05) is 30.3 Å². The maximum Gasteiger partial charge on any atom is 0.416 e. The Balaban J connectivity index is 1.58. The van der Waals surface area contributed by atoms with E-state index in [1.165, 1.54) is 6.92 Å². The van der Waals surface area contributed by atoms with Crippen LogP contribution in [0.5, 0.6) is 0 Å². The van der Waals surface area contributed by atoms with Crippen molar-refractivity contribution in [2.45, 2.75) is 69.6 Å². The summed E-state index contributed by atoms with van der Waals surface area (Å²) in [5.74, 6) is -0.267. The van der Waals surface area contributed by atoms with Gasteiger partial charge in [0.25, 0.3) is 0 Å². The highest BCUT2D eigenvalue weighted by atomic mass is 19.4. The Hall–Kier alpha value is -2.59. The highest BCUT2D eigenvalue weighted by Gasteiger charge is 2.55. The van der Waals surface area contributed by atoms with Gasteiger partial charge in [-0.25, -0.2) is 0 Å². The van der Waals surface area contributed by atoms with Crippen LogP contribution in [0.4, 0.5) is 26.3 Å². The molecule has 0 amide bonds. The van der Waals surface area contributed by atoms with Crippen molar-refractivity contribution >= 4 is 5.97 Å². The maximum atomic E-state index is 13.3. The molecule has 0 radical (unpaired) electrons. The summed E-state index contributed by atoms with van der Waals surface area (Å²) in [6, 6.07) is 10.8. The molecular formula is C27H29F6NO3. The van der Waals surface area contributed by atoms with Crippen molar-refractivity contribution in [1.29, 1.82) is 0 Å². The van der Waals surface area contributed by atoms with Crippen LogP contribution in [0.2, 0.25) is 0 Å². The van der Waals surface area contributed by atoms with Crippen LogP contribution in [0.3, 0.4) is 0 Å². The molecular weight excluding hydrogens is 500 g/mol. The number of hydrogen-bond donors (Lipinski definition) is 1. The Morgan fingerprint density at radius 3 is 2.03 bits per heavy atom. The van der Waals surface area contributed by atoms with Crippen molar-refractivity contribution in [3.05, 3.63) is 70.8 Å². The maximum absolute atomic E-state index is 13.3. The first-order valence-corrected chi connectivity index (χ1v) is 12.0. The topological polar surface area (TPSA) is 47.6 Å². The van der Waals surface area contributed by atoms with Gasteiger partial charge in [0.2, 0.25) is 0 Å². The molecule has 2 aliphatic heterocycles. The van der Waals surface area contributed by atoms with Gasteiger partial charge in [-0.3, -0.25) is 4.79 Å². The summed E-state index contributed by atoms with van der Waals surface area (Å²) in [6.07, 6.45) is -9.37. The molecule has 2 heterocycles. The predicted molar refractivity (Wildman–Crippen MR) is 123 cm³/mol. The van der Waals surface area contributed by atoms with Gasteiger partial charge in [0, 0.05) is 13.0 Å². The van der Waals surface area contributed by atoms with E-state index in [2.05, 4.69) is 5.32 Å². The number of nitrogens with one attached hydrogen (secondary N) is 1. The molecule has 4 rings (SSSR count). The Labute approximate surface area is 211 Å². The number of rotatable bonds is 5. The fourth-order valence-electron chi connectivity index (χ4n) is 5.22. The molecule has 1 N–H and O–H groups in total. The molecule has 0 aromatic heterocycles. The number of carbonyl (C=O) groups is 1. The van der Waals surface area contributed by atoms with E-state index < -0.39 is 46.1 Å². The summed E-state index contributed by atoms with van der Waals surface area (Å²) in [4.78, 5) is 12.3. The van der Waals surface area contributed by atoms with E-state index in [4.69, 9.17) is 9.47 Å². The Bertz CT molecular complexity index is 1100. The van der Waals surface area contributed by atoms with Crippen molar-refractivity contribution in [2.24, 2.45) is 5.41 Å². The molecule has 4 nitrogen and oxygen atoms in total. The van der Waals surface area contributed by atoms with Crippen molar-refractivity contribution in [3.63, 3.8) is 0 Å². The van der Waals surface area contributed by atoms with E-state index >= 15 is 0 Å². The van der Waals surface area contributed by atoms with Gasteiger partial charge in [-0.05, 0) is 62.9 Å². The zero-order valence-corrected chi connectivity index (χ0v) is 20.7. The number of halogens is 6. The first kappa shape index (κ1) is 27.4. The first-order chi connectivity index (χ1) is 17.1. The second kappa shape index (κ2) is 9.31. The third-order valence-corrected chi connectivity index (χ3v) is 7.37. The SMILES string of the molecule is CC(OCC1(c2ccccc2)CCC2(CN1)CC(C)(C)C(=O)O2)c1cc(C(F)(F)F)cc(C(F)(F)F)c1. The monoisotopic (exact) mass is 529 g/mol. The molecule has 202 valence electrons. The van der Waals surface area contributed by atoms with Gasteiger partial charge >= 0.3 is 18.3 Å². The van der Waals surface area contributed by atoms with Crippen LogP contribution in [0.25, 0.3) is 0 Å². The number of esters is 1. The number of hydrogen-bond acceptors (Lipinski definition) is 4. The van der Waals surface area contributed by atoms with Crippen LogP contribution in [-0.2, 0) is 32.2 Å². The molecule has 0 bridgehead atoms. The Morgan fingerprint density at radius 2 is 1.57 bits per heavy atom. The van der Waals surface area contributed by atoms with Gasteiger partial charge in [-0.2, -0.15) is 26.3 Å². The number of piperidine rings is 1. The van der Waals surface area contributed by atoms with E-state index in [1.807, 2.05) is 44.2 Å². The number of ether oxygens (including phenoxy) is 2. The standard InChI is InChI=1S/C27H29F6NO3/c1-17(18-11-20(26(28,29)30)13-21(12-18)27(31,32)33)36-16-25(19-7-5-4-6-8-19)10-9-24(15-34-25)14-23(2,3)22(35)37-24/h4-8,11-13,17,34H,9-10,14-16H2,1-3H3. The summed E-state index contributed by atoms with van der Waals surface area (Å²) in [7, 11) is 0. The predicted octanol–water partition coefficient (Wildman–Crippen LogP) is 6.79. The fourth-order valence-corrected chi connectivity index (χ4v) is 5.22. The van der Waals surface area contributed by atoms with Gasteiger partial charge < -0.3 is 14.8 Å². The lowest BCUT2D eigenvalue weighted by Crippen LogP contribution is -2.58. The smallest absolute Gasteiger partial charge is 0.416 e. The minimum absolute atomic E-state index is 0.0107. The van der Waals surface area contributed by atoms with E-state index in [0.717, 1.165) is 5.56 Å². The molecule has 1 spiro atoms. The summed E-state index contributed by atoms with van der Waals surface area (Å²) >= 11 is 0. The Kier molecular flexibility index (Phi) is 6.90. The molecule has 3 unspecified atom stereocenters. The fraction of sp³-hybridized carbons (Fsp3) is 0.519. The minimum Gasteiger partial charge on any atom is -0.457 e. The van der Waals surface area contributed by atoms with Crippen molar-refractivity contribution in [2.75, 3.05) is 13.2 Å². The van der Waals surface area contributed by atoms with Crippen molar-refractivity contribution in [1.82, 2.24) is 5.32 Å². The third-order valence-electron chi connectivity index (χ3n) is 7.37. The number of carbonyl (C=O) groups excluding carboxylic acids is 1. The quantitative estimate of drug-likeness (QED) is 0.342. The normalized spacial score (nSPS) is 26.8. The lowest BCUT2D eigenvalue weighted by molar-refractivity contribution is -0.156. The lowest BCUT2D eigenvalue weighted by atomic mass is 9.74. The van der Waals surface area contributed by atoms with Crippen molar-refractivity contribution in [3.8, 4) is 0 Å². The molecule has 2 aromatic rings. The molecule has 2 saturated heterocycles. The summed E-state index contributed by atoms with van der Waals surface area (Å²) in [6.45, 7) is 5.43. The van der Waals surface area contributed by atoms with E-state index in [0.29, 0.717) is 37.9 Å². The molecule has 0 aliphatic carbocycles. The third kappa shape index (κ3) is 5.65. The number of alkyl halides is 6. The van der Waals surface area contributed by atoms with Gasteiger partial charge in [0.1, 0.15) is 5.60 Å². The van der Waals surface area contributed by atoms with Crippen LogP contribution in [0.1, 0.15) is 68.4 Å². The summed E-state index contributed by atoms with van der Waals surface area (Å²) in [5.41, 5.74) is -4.17. The zero-order valence-electron chi connectivity index (χ0n) is 20.7. The van der Waals surface area contributed by atoms with Crippen LogP contribution >= 0.6 is 0 Å². The summed E-state index contributed by atoms with van der Waals surface area (Å²) in [5, 5.41) is 3.46. The average Bonchev–Trinajstić information content (AvgIpc) is 3.05. The van der Waals surface area contributed by atoms with E-state index in [-0.39, 0.29) is 24.2 Å². The highest BCUT2D eigenvalue weighted by molar-refractivity contribution is 5.78. The van der Waals surface area contributed by atoms with Gasteiger partial charge in [0.15, 0.2) is 0 Å². The second-order valence-electron chi connectivity index (χ2n) is 10.7. The van der Waals surface area contributed by atoms with Crippen LogP contribution in [0.15, 0.2) is 48.5 Å². The molecule has 2 aliphatic rings. The average molecular weight is 530 g/mol. The largest absolute Gasteiger partial charge is 0.457 e. The highest BCUT2D eigenvalue weighted by Crippen LogP contribution is 2.47. The van der Waals surface area contributed by atoms with Crippen LogP contribution < -0.4 is 5.32 Å². The molecule has 2 aromatic carbocycles. The van der Waals surface area contributed by atoms with Gasteiger partial charge in [0.05, 0.1) is 34.8 Å². The van der Waals surface area contributed by atoms with E-state index in [1.54, 1.807) is 0 Å². The molecule has 10 heteroatoms. The second-order valence-corrected chi connectivity index (χ2v) is 10.7.